The molecule has 0 aliphatic carbocycles. The van der Waals surface area contributed by atoms with E-state index in [2.05, 4.69) is 77.6 Å². The average Bonchev–Trinajstić information content (AvgIpc) is 2.68. The van der Waals surface area contributed by atoms with Gasteiger partial charge in [0.05, 0.1) is 11.1 Å². The summed E-state index contributed by atoms with van der Waals surface area (Å²) in [5, 5.41) is 3.45. The molecule has 3 rings (SSSR count). The minimum atomic E-state index is 0.506. The Morgan fingerprint density at radius 2 is 1.68 bits per heavy atom. The van der Waals surface area contributed by atoms with Crippen molar-refractivity contribution in [2.45, 2.75) is 33.9 Å². The number of ether oxygens (including phenoxy) is 2. The first-order valence-corrected chi connectivity index (χ1v) is 10.3. The van der Waals surface area contributed by atoms with E-state index in [1.807, 2.05) is 25.1 Å². The molecule has 3 aromatic rings. The lowest BCUT2D eigenvalue weighted by Gasteiger charge is -2.17. The summed E-state index contributed by atoms with van der Waals surface area (Å²) in [6, 6.07) is 20.8. The summed E-state index contributed by atoms with van der Waals surface area (Å²) >= 11 is 3.66. The lowest BCUT2D eigenvalue weighted by molar-refractivity contribution is 0.267. The van der Waals surface area contributed by atoms with Crippen LogP contribution in [-0.4, -0.2) is 6.61 Å². The molecule has 0 aliphatic heterocycles. The van der Waals surface area contributed by atoms with Crippen LogP contribution in [0.3, 0.4) is 0 Å². The highest BCUT2D eigenvalue weighted by atomic mass is 79.9. The minimum absolute atomic E-state index is 0.506. The molecule has 4 heteroatoms. The van der Waals surface area contributed by atoms with Gasteiger partial charge in [-0.25, -0.2) is 0 Å². The first-order valence-electron chi connectivity index (χ1n) is 9.50. The molecule has 146 valence electrons. The van der Waals surface area contributed by atoms with Crippen molar-refractivity contribution in [1.29, 1.82) is 0 Å². The van der Waals surface area contributed by atoms with Crippen molar-refractivity contribution >= 4 is 21.6 Å². The van der Waals surface area contributed by atoms with Crippen molar-refractivity contribution < 1.29 is 9.47 Å². The molecule has 3 nitrogen and oxygen atoms in total. The predicted octanol–water partition coefficient (Wildman–Crippen LogP) is 6.66. The number of hydrogen-bond donors (Lipinski definition) is 1. The molecule has 0 amide bonds. The zero-order chi connectivity index (χ0) is 19.9. The highest BCUT2D eigenvalue weighted by Crippen LogP contribution is 2.37. The fraction of sp³-hybridized carbons (Fsp3) is 0.250. The van der Waals surface area contributed by atoms with E-state index in [9.17, 15) is 0 Å². The van der Waals surface area contributed by atoms with Crippen molar-refractivity contribution in [3.63, 3.8) is 0 Å². The second kappa shape index (κ2) is 9.65. The van der Waals surface area contributed by atoms with Gasteiger partial charge in [-0.1, -0.05) is 42.0 Å². The van der Waals surface area contributed by atoms with Gasteiger partial charge in [0.2, 0.25) is 0 Å². The Labute approximate surface area is 175 Å². The van der Waals surface area contributed by atoms with Gasteiger partial charge in [0.15, 0.2) is 11.5 Å². The Morgan fingerprint density at radius 3 is 2.39 bits per heavy atom. The molecule has 0 spiro atoms. The lowest BCUT2D eigenvalue weighted by Crippen LogP contribution is -2.04. The van der Waals surface area contributed by atoms with Gasteiger partial charge >= 0.3 is 0 Å². The maximum absolute atomic E-state index is 6.13. The van der Waals surface area contributed by atoms with Crippen molar-refractivity contribution in [2.75, 3.05) is 11.9 Å². The molecule has 1 N–H and O–H groups in total. The first-order chi connectivity index (χ1) is 13.6. The van der Waals surface area contributed by atoms with Crippen molar-refractivity contribution in [3.8, 4) is 11.5 Å². The Morgan fingerprint density at radius 1 is 0.929 bits per heavy atom. The van der Waals surface area contributed by atoms with E-state index in [1.54, 1.807) is 0 Å². The third-order valence-electron chi connectivity index (χ3n) is 4.55. The van der Waals surface area contributed by atoms with Crippen LogP contribution >= 0.6 is 15.9 Å². The summed E-state index contributed by atoms with van der Waals surface area (Å²) < 4.78 is 12.9. The Kier molecular flexibility index (Phi) is 6.99. The number of nitrogens with one attached hydrogen (secondary N) is 1. The fourth-order valence-corrected chi connectivity index (χ4v) is 3.53. The number of benzene rings is 3. The van der Waals surface area contributed by atoms with Crippen LogP contribution in [-0.2, 0) is 13.2 Å². The summed E-state index contributed by atoms with van der Waals surface area (Å²) in [4.78, 5) is 0. The Balaban J connectivity index is 1.75. The van der Waals surface area contributed by atoms with Gasteiger partial charge in [0, 0.05) is 12.2 Å². The highest BCUT2D eigenvalue weighted by Gasteiger charge is 2.13. The summed E-state index contributed by atoms with van der Waals surface area (Å²) in [5.74, 6) is 1.50. The Hall–Kier alpha value is -2.46. The minimum Gasteiger partial charge on any atom is -0.490 e. The molecule has 0 fully saturated rings. The summed E-state index contributed by atoms with van der Waals surface area (Å²) in [6.07, 6.45) is 0. The zero-order valence-electron chi connectivity index (χ0n) is 16.6. The van der Waals surface area contributed by atoms with Gasteiger partial charge in [-0.15, -0.1) is 0 Å². The van der Waals surface area contributed by atoms with Crippen LogP contribution < -0.4 is 14.8 Å². The van der Waals surface area contributed by atoms with E-state index in [1.165, 1.54) is 16.7 Å². The number of aryl methyl sites for hydroxylation is 2. The normalized spacial score (nSPS) is 10.6. The molecule has 0 bridgehead atoms. The van der Waals surface area contributed by atoms with Gasteiger partial charge in [-0.05, 0) is 77.7 Å². The highest BCUT2D eigenvalue weighted by molar-refractivity contribution is 9.10. The van der Waals surface area contributed by atoms with E-state index in [-0.39, 0.29) is 0 Å². The van der Waals surface area contributed by atoms with Crippen molar-refractivity contribution in [3.05, 3.63) is 87.4 Å². The molecule has 0 aliphatic rings. The molecular formula is C24H26BrNO2. The number of rotatable bonds is 8. The van der Waals surface area contributed by atoms with E-state index in [0.717, 1.165) is 27.2 Å². The fourth-order valence-electron chi connectivity index (χ4n) is 2.92. The van der Waals surface area contributed by atoms with Gasteiger partial charge in [0.25, 0.3) is 0 Å². The molecule has 0 heterocycles. The van der Waals surface area contributed by atoms with Gasteiger partial charge < -0.3 is 14.8 Å². The van der Waals surface area contributed by atoms with Crippen molar-refractivity contribution in [2.24, 2.45) is 0 Å². The van der Waals surface area contributed by atoms with Gasteiger partial charge in [-0.2, -0.15) is 0 Å². The SMILES string of the molecule is CCOc1cc(CNc2ccc(C)cc2)cc(Br)c1OCc1ccccc1C. The van der Waals surface area contributed by atoms with E-state index in [0.29, 0.717) is 19.8 Å². The van der Waals surface area contributed by atoms with Crippen molar-refractivity contribution in [1.82, 2.24) is 0 Å². The summed E-state index contributed by atoms with van der Waals surface area (Å²) in [5.41, 5.74) is 5.86. The molecule has 0 radical (unpaired) electrons. The summed E-state index contributed by atoms with van der Waals surface area (Å²) in [7, 11) is 0. The molecule has 0 unspecified atom stereocenters. The zero-order valence-corrected chi connectivity index (χ0v) is 18.2. The molecular weight excluding hydrogens is 414 g/mol. The second-order valence-electron chi connectivity index (χ2n) is 6.77. The van der Waals surface area contributed by atoms with Crippen LogP contribution in [0.5, 0.6) is 11.5 Å². The monoisotopic (exact) mass is 439 g/mol. The molecule has 0 atom stereocenters. The predicted molar refractivity (Wildman–Crippen MR) is 119 cm³/mol. The first kappa shape index (κ1) is 20.3. The number of halogens is 1. The largest absolute Gasteiger partial charge is 0.490 e. The second-order valence-corrected chi connectivity index (χ2v) is 7.63. The molecule has 0 saturated carbocycles. The van der Waals surface area contributed by atoms with E-state index in [4.69, 9.17) is 9.47 Å². The molecule has 3 aromatic carbocycles. The average molecular weight is 440 g/mol. The molecule has 0 aromatic heterocycles. The van der Waals surface area contributed by atoms with Crippen LogP contribution in [0.15, 0.2) is 65.1 Å². The number of hydrogen-bond acceptors (Lipinski definition) is 3. The van der Waals surface area contributed by atoms with Gasteiger partial charge in [-0.3, -0.25) is 0 Å². The van der Waals surface area contributed by atoms with Crippen LogP contribution in [0.2, 0.25) is 0 Å². The maximum Gasteiger partial charge on any atom is 0.175 e. The van der Waals surface area contributed by atoms with E-state index < -0.39 is 0 Å². The third-order valence-corrected chi connectivity index (χ3v) is 5.14. The standard InChI is InChI=1S/C24H26BrNO2/c1-4-27-23-14-19(15-26-21-11-9-17(2)10-12-21)13-22(25)24(23)28-16-20-8-6-5-7-18(20)3/h5-14,26H,4,15-16H2,1-3H3. The molecule has 28 heavy (non-hydrogen) atoms. The lowest BCUT2D eigenvalue weighted by atomic mass is 10.1. The van der Waals surface area contributed by atoms with E-state index >= 15 is 0 Å². The smallest absolute Gasteiger partial charge is 0.175 e. The van der Waals surface area contributed by atoms with Gasteiger partial charge in [0.1, 0.15) is 6.61 Å². The van der Waals surface area contributed by atoms with Crippen LogP contribution in [0, 0.1) is 13.8 Å². The number of anilines is 1. The van der Waals surface area contributed by atoms with Crippen LogP contribution in [0.4, 0.5) is 5.69 Å². The topological polar surface area (TPSA) is 30.5 Å². The summed E-state index contributed by atoms with van der Waals surface area (Å²) in [6.45, 7) is 7.96. The Bertz CT molecular complexity index is 922. The quantitative estimate of drug-likeness (QED) is 0.425. The third kappa shape index (κ3) is 5.29. The van der Waals surface area contributed by atoms with Crippen LogP contribution in [0.25, 0.3) is 0 Å². The maximum atomic E-state index is 6.13. The molecule has 0 saturated heterocycles. The van der Waals surface area contributed by atoms with Crippen LogP contribution in [0.1, 0.15) is 29.2 Å².